The molecule has 2 saturated heterocycles. The van der Waals surface area contributed by atoms with Crippen molar-refractivity contribution in [2.45, 2.75) is 6.10 Å². The van der Waals surface area contributed by atoms with Crippen molar-refractivity contribution < 1.29 is 33.0 Å². The zero-order valence-electron chi connectivity index (χ0n) is 21.4. The fourth-order valence-corrected chi connectivity index (χ4v) is 4.48. The Balaban J connectivity index is 1.12. The van der Waals surface area contributed by atoms with Gasteiger partial charge in [0, 0.05) is 38.6 Å². The van der Waals surface area contributed by atoms with E-state index in [1.54, 1.807) is 23.2 Å². The average molecular weight is 556 g/mol. The molecule has 3 aromatic rings. The minimum Gasteiger partial charge on any atom is -0.453 e. The molecule has 2 aliphatic rings. The third-order valence-corrected chi connectivity index (χ3v) is 6.57. The second-order valence-corrected chi connectivity index (χ2v) is 9.00. The van der Waals surface area contributed by atoms with E-state index in [9.17, 15) is 19.2 Å². The van der Waals surface area contributed by atoms with Crippen LogP contribution in [0.2, 0.25) is 0 Å². The maximum Gasteiger partial charge on any atom is 0.414 e. The highest BCUT2D eigenvalue weighted by Crippen LogP contribution is 2.28. The number of aromatic nitrogens is 4. The number of cyclic esters (lactones) is 1. The Morgan fingerprint density at radius 3 is 2.70 bits per heavy atom. The summed E-state index contributed by atoms with van der Waals surface area (Å²) in [6.07, 6.45) is 2.63. The van der Waals surface area contributed by atoms with Crippen LogP contribution in [0.1, 0.15) is 10.6 Å². The van der Waals surface area contributed by atoms with Gasteiger partial charge >= 0.3 is 12.2 Å². The van der Waals surface area contributed by atoms with Gasteiger partial charge in [-0.1, -0.05) is 0 Å². The molecule has 16 heteroatoms. The molecular weight excluding hydrogens is 529 g/mol. The first-order valence-corrected chi connectivity index (χ1v) is 12.4. The van der Waals surface area contributed by atoms with Crippen molar-refractivity contribution in [3.05, 3.63) is 48.4 Å². The molecule has 0 radical (unpaired) electrons. The van der Waals surface area contributed by atoms with Crippen LogP contribution in [0.4, 0.5) is 25.4 Å². The highest BCUT2D eigenvalue weighted by atomic mass is 19.1. The number of nitrogens with one attached hydrogen (secondary N) is 2. The molecule has 4 amide bonds. The summed E-state index contributed by atoms with van der Waals surface area (Å²) < 4.78 is 26.3. The number of alkyl carbamates (subject to hydrolysis) is 1. The van der Waals surface area contributed by atoms with Crippen LogP contribution >= 0.6 is 0 Å². The number of benzene rings is 1. The Morgan fingerprint density at radius 1 is 1.15 bits per heavy atom. The van der Waals surface area contributed by atoms with E-state index in [4.69, 9.17) is 4.74 Å². The number of hydrogen-bond donors (Lipinski definition) is 2. The number of hydrogen-bond acceptors (Lipinski definition) is 10. The molecule has 4 heterocycles. The zero-order chi connectivity index (χ0) is 28.2. The van der Waals surface area contributed by atoms with Gasteiger partial charge in [-0.2, -0.15) is 0 Å². The number of rotatable bonds is 7. The zero-order valence-corrected chi connectivity index (χ0v) is 21.4. The predicted molar refractivity (Wildman–Crippen MR) is 136 cm³/mol. The molecule has 0 bridgehead atoms. The Labute approximate surface area is 226 Å². The third kappa shape index (κ3) is 5.55. The molecule has 2 aromatic heterocycles. The monoisotopic (exact) mass is 555 g/mol. The predicted octanol–water partition coefficient (Wildman–Crippen LogP) is 0.0232. The molecular formula is C24H26FN9O6. The molecule has 1 aromatic carbocycles. The van der Waals surface area contributed by atoms with E-state index in [1.807, 2.05) is 4.90 Å². The van der Waals surface area contributed by atoms with Gasteiger partial charge in [0.2, 0.25) is 11.7 Å². The largest absolute Gasteiger partial charge is 0.453 e. The first kappa shape index (κ1) is 26.6. The first-order chi connectivity index (χ1) is 19.3. The van der Waals surface area contributed by atoms with Gasteiger partial charge in [0.05, 0.1) is 44.3 Å². The van der Waals surface area contributed by atoms with Crippen LogP contribution in [0.25, 0.3) is 5.65 Å². The molecule has 2 aliphatic heterocycles. The van der Waals surface area contributed by atoms with Crippen molar-refractivity contribution in [2.75, 3.05) is 62.7 Å². The summed E-state index contributed by atoms with van der Waals surface area (Å²) in [5.74, 6) is -1.29. The second kappa shape index (κ2) is 11.4. The Kier molecular flexibility index (Phi) is 7.56. The van der Waals surface area contributed by atoms with Crippen LogP contribution in [0.3, 0.4) is 0 Å². The summed E-state index contributed by atoms with van der Waals surface area (Å²) >= 11 is 0. The smallest absolute Gasteiger partial charge is 0.414 e. The van der Waals surface area contributed by atoms with Crippen LogP contribution in [0, 0.1) is 5.82 Å². The fraction of sp³-hybridized carbons (Fsp3) is 0.375. The van der Waals surface area contributed by atoms with E-state index in [-0.39, 0.29) is 31.4 Å². The van der Waals surface area contributed by atoms with Gasteiger partial charge in [0.15, 0.2) is 5.65 Å². The van der Waals surface area contributed by atoms with E-state index in [0.29, 0.717) is 43.2 Å². The number of amides is 4. The van der Waals surface area contributed by atoms with Crippen molar-refractivity contribution in [1.82, 2.24) is 35.1 Å². The van der Waals surface area contributed by atoms with Crippen LogP contribution < -0.4 is 20.4 Å². The molecule has 40 heavy (non-hydrogen) atoms. The molecule has 0 saturated carbocycles. The minimum atomic E-state index is -0.644. The highest BCUT2D eigenvalue weighted by Gasteiger charge is 2.33. The summed E-state index contributed by atoms with van der Waals surface area (Å²) in [5, 5.41) is 12.7. The third-order valence-electron chi connectivity index (χ3n) is 6.57. The molecule has 0 spiro atoms. The second-order valence-electron chi connectivity index (χ2n) is 9.00. The van der Waals surface area contributed by atoms with Crippen LogP contribution in [0.5, 0.6) is 0 Å². The van der Waals surface area contributed by atoms with E-state index in [1.165, 1.54) is 34.9 Å². The Morgan fingerprint density at radius 2 is 1.95 bits per heavy atom. The maximum atomic E-state index is 15.1. The van der Waals surface area contributed by atoms with Crippen LogP contribution in [0.15, 0.2) is 36.8 Å². The van der Waals surface area contributed by atoms with Gasteiger partial charge in [-0.05, 0) is 18.2 Å². The molecule has 0 aliphatic carbocycles. The molecule has 5 rings (SSSR count). The first-order valence-electron chi connectivity index (χ1n) is 12.4. The van der Waals surface area contributed by atoms with Crippen molar-refractivity contribution in [3.8, 4) is 0 Å². The number of fused-ring (bicyclic) bond motifs is 1. The quantitative estimate of drug-likeness (QED) is 0.406. The van der Waals surface area contributed by atoms with Crippen molar-refractivity contribution >= 4 is 41.0 Å². The summed E-state index contributed by atoms with van der Waals surface area (Å²) in [6.45, 7) is 1.42. The van der Waals surface area contributed by atoms with Gasteiger partial charge in [0.25, 0.3) is 5.91 Å². The summed E-state index contributed by atoms with van der Waals surface area (Å²) in [6, 6.07) is 4.45. The van der Waals surface area contributed by atoms with E-state index < -0.39 is 30.0 Å². The average Bonchev–Trinajstić information content (AvgIpc) is 3.58. The highest BCUT2D eigenvalue weighted by molar-refractivity contribution is 5.94. The van der Waals surface area contributed by atoms with E-state index >= 15 is 4.39 Å². The van der Waals surface area contributed by atoms with E-state index in [2.05, 4.69) is 30.6 Å². The number of anilines is 2. The molecule has 15 nitrogen and oxygen atoms in total. The van der Waals surface area contributed by atoms with Crippen LogP contribution in [-0.2, 0) is 14.3 Å². The lowest BCUT2D eigenvalue weighted by atomic mass is 10.2. The van der Waals surface area contributed by atoms with Crippen LogP contribution in [-0.4, -0.2) is 108 Å². The van der Waals surface area contributed by atoms with Gasteiger partial charge in [-0.15, -0.1) is 10.2 Å². The van der Waals surface area contributed by atoms with Gasteiger partial charge < -0.3 is 29.9 Å². The molecule has 210 valence electrons. The van der Waals surface area contributed by atoms with Gasteiger partial charge in [-0.3, -0.25) is 23.9 Å². The molecule has 1 atom stereocenters. The number of ether oxygens (including phenoxy) is 2. The topological polar surface area (TPSA) is 164 Å². The maximum absolute atomic E-state index is 15.1. The molecule has 0 unspecified atom stereocenters. The minimum absolute atomic E-state index is 0.0458. The van der Waals surface area contributed by atoms with Gasteiger partial charge in [0.1, 0.15) is 11.9 Å². The Bertz CT molecular complexity index is 1440. The fourth-order valence-electron chi connectivity index (χ4n) is 4.48. The summed E-state index contributed by atoms with van der Waals surface area (Å²) in [7, 11) is 1.23. The number of carbonyl (C=O) groups is 4. The lowest BCUT2D eigenvalue weighted by molar-refractivity contribution is -0.130. The number of carbonyl (C=O) groups excluding carboxylic acids is 4. The normalized spacial score (nSPS) is 17.1. The Hall–Kier alpha value is -5.02. The number of methoxy groups -OCH3 is 1. The SMILES string of the molecule is COC(=O)NC[C@H]1CN(c2ccc(N3CCN(C(=O)CNC(=O)c4nnc5cnccn45)CC3)c(F)c2)C(=O)O1. The summed E-state index contributed by atoms with van der Waals surface area (Å²) in [5.41, 5.74) is 1.08. The molecule has 2 fully saturated rings. The summed E-state index contributed by atoms with van der Waals surface area (Å²) in [4.78, 5) is 57.3. The lowest BCUT2D eigenvalue weighted by Gasteiger charge is -2.36. The number of nitrogens with zero attached hydrogens (tertiary/aromatic N) is 7. The molecule has 2 N–H and O–H groups in total. The van der Waals surface area contributed by atoms with Gasteiger partial charge in [-0.25, -0.2) is 14.0 Å². The van der Waals surface area contributed by atoms with Crippen molar-refractivity contribution in [3.63, 3.8) is 0 Å². The standard InChI is InChI=1S/C24H26FN9O6/c1-39-23(37)28-11-16-14-34(24(38)40-16)15-2-3-18(17(25)10-15)31-6-8-32(9-7-31)20(35)13-27-22(36)21-30-29-19-12-26-4-5-33(19)21/h2-5,10,12,16H,6-9,11,13-14H2,1H3,(H,27,36)(H,28,37)/t16-/m0/s1. The lowest BCUT2D eigenvalue weighted by Crippen LogP contribution is -2.51. The van der Waals surface area contributed by atoms with E-state index in [0.717, 1.165) is 0 Å². The van der Waals surface area contributed by atoms with Crippen molar-refractivity contribution in [2.24, 2.45) is 0 Å². The number of piperazine rings is 1. The number of halogens is 1. The van der Waals surface area contributed by atoms with Crippen molar-refractivity contribution in [1.29, 1.82) is 0 Å².